The normalized spacial score (nSPS) is 17.1. The highest BCUT2D eigenvalue weighted by Crippen LogP contribution is 2.31. The summed E-state index contributed by atoms with van der Waals surface area (Å²) in [5, 5.41) is 29.2. The van der Waals surface area contributed by atoms with E-state index in [1.54, 1.807) is 13.0 Å². The molecule has 1 aromatic carbocycles. The summed E-state index contributed by atoms with van der Waals surface area (Å²) in [7, 11) is 0. The third-order valence-corrected chi connectivity index (χ3v) is 2.72. The molecule has 6 heteroatoms. The number of rotatable bonds is 2. The Bertz CT molecular complexity index is 511. The molecular weight excluding hydrogens is 222 g/mol. The lowest BCUT2D eigenvalue weighted by molar-refractivity contribution is -0.384. The van der Waals surface area contributed by atoms with Crippen molar-refractivity contribution in [2.45, 2.75) is 12.5 Å². The predicted molar refractivity (Wildman–Crippen MR) is 60.6 cm³/mol. The summed E-state index contributed by atoms with van der Waals surface area (Å²) in [4.78, 5) is 11.9. The molecule has 0 spiro atoms. The van der Waals surface area contributed by atoms with Crippen LogP contribution in [0.5, 0.6) is 0 Å². The van der Waals surface area contributed by atoms with E-state index in [1.165, 1.54) is 12.1 Å². The van der Waals surface area contributed by atoms with Crippen LogP contribution >= 0.6 is 0 Å². The number of nitro benzene ring substituents is 1. The number of non-ortho nitro benzene ring substituents is 1. The molecule has 6 nitrogen and oxygen atoms in total. The summed E-state index contributed by atoms with van der Waals surface area (Å²) >= 11 is 0. The molecule has 88 valence electrons. The molecule has 1 aliphatic heterocycles. The molecule has 1 aromatic rings. The maximum atomic E-state index is 10.6. The highest BCUT2D eigenvalue weighted by molar-refractivity contribution is 5.64. The molecule has 0 radical (unpaired) electrons. The minimum Gasteiger partial charge on any atom is -0.386 e. The first-order valence-electron chi connectivity index (χ1n) is 5.09. The number of hydrogen-bond donors (Lipinski definition) is 1. The number of β-amino-alcohol motifs (C(OH)–C–C–N with tert-alkyl or cyclic N) is 1. The second-order valence-corrected chi connectivity index (χ2v) is 4.42. The van der Waals surface area contributed by atoms with Gasteiger partial charge in [0, 0.05) is 25.2 Å². The van der Waals surface area contributed by atoms with Crippen molar-refractivity contribution in [2.75, 3.05) is 18.0 Å². The first-order chi connectivity index (χ1) is 7.93. The minimum atomic E-state index is -0.742. The average molecular weight is 233 g/mol. The van der Waals surface area contributed by atoms with Crippen molar-refractivity contribution >= 4 is 11.4 Å². The Kier molecular flexibility index (Phi) is 2.48. The van der Waals surface area contributed by atoms with Gasteiger partial charge in [-0.2, -0.15) is 5.26 Å². The molecule has 0 aliphatic carbocycles. The van der Waals surface area contributed by atoms with E-state index in [4.69, 9.17) is 5.26 Å². The maximum absolute atomic E-state index is 10.6. The Labute approximate surface area is 97.8 Å². The fourth-order valence-corrected chi connectivity index (χ4v) is 1.95. The zero-order valence-electron chi connectivity index (χ0n) is 9.25. The Morgan fingerprint density at radius 3 is 2.71 bits per heavy atom. The summed E-state index contributed by atoms with van der Waals surface area (Å²) < 4.78 is 0. The molecule has 1 fully saturated rings. The van der Waals surface area contributed by atoms with Crippen LogP contribution in [0.3, 0.4) is 0 Å². The van der Waals surface area contributed by atoms with Crippen molar-refractivity contribution in [3.05, 3.63) is 33.9 Å². The standard InChI is InChI=1S/C11H11N3O3/c1-11(15)6-13(7-11)10-3-2-9(14(16)17)4-8(10)5-12/h2-4,15H,6-7H2,1H3. The summed E-state index contributed by atoms with van der Waals surface area (Å²) in [6.07, 6.45) is 0. The largest absolute Gasteiger partial charge is 0.386 e. The van der Waals surface area contributed by atoms with Crippen LogP contribution in [0.4, 0.5) is 11.4 Å². The number of nitrogens with zero attached hydrogens (tertiary/aromatic N) is 3. The van der Waals surface area contributed by atoms with Crippen molar-refractivity contribution in [1.82, 2.24) is 0 Å². The van der Waals surface area contributed by atoms with Crippen molar-refractivity contribution < 1.29 is 10.0 Å². The van der Waals surface area contributed by atoms with Gasteiger partial charge in [0.25, 0.3) is 5.69 Å². The molecule has 1 N–H and O–H groups in total. The maximum Gasteiger partial charge on any atom is 0.270 e. The van der Waals surface area contributed by atoms with Gasteiger partial charge in [0.1, 0.15) is 6.07 Å². The number of nitriles is 1. The van der Waals surface area contributed by atoms with Gasteiger partial charge >= 0.3 is 0 Å². The number of anilines is 1. The van der Waals surface area contributed by atoms with E-state index in [-0.39, 0.29) is 11.3 Å². The fraction of sp³-hybridized carbons (Fsp3) is 0.364. The van der Waals surface area contributed by atoms with E-state index < -0.39 is 10.5 Å². The first kappa shape index (κ1) is 11.4. The first-order valence-corrected chi connectivity index (χ1v) is 5.09. The highest BCUT2D eigenvalue weighted by Gasteiger charge is 2.37. The van der Waals surface area contributed by atoms with Crippen LogP contribution in [-0.2, 0) is 0 Å². The van der Waals surface area contributed by atoms with E-state index in [0.717, 1.165) is 0 Å². The molecule has 0 aromatic heterocycles. The van der Waals surface area contributed by atoms with Gasteiger partial charge < -0.3 is 10.0 Å². The SMILES string of the molecule is CC1(O)CN(c2ccc([N+](=O)[O-])cc2C#N)C1. The predicted octanol–water partition coefficient (Wildman–Crippen LogP) is 1.04. The average Bonchev–Trinajstić information content (AvgIpc) is 2.24. The molecule has 0 saturated carbocycles. The van der Waals surface area contributed by atoms with Gasteiger partial charge in [-0.1, -0.05) is 0 Å². The van der Waals surface area contributed by atoms with Gasteiger partial charge in [-0.15, -0.1) is 0 Å². The lowest BCUT2D eigenvalue weighted by Crippen LogP contribution is -2.60. The van der Waals surface area contributed by atoms with Gasteiger partial charge in [-0.3, -0.25) is 10.1 Å². The van der Waals surface area contributed by atoms with Crippen molar-refractivity contribution in [2.24, 2.45) is 0 Å². The third kappa shape index (κ3) is 2.05. The molecule has 0 unspecified atom stereocenters. The van der Waals surface area contributed by atoms with Crippen LogP contribution in [0, 0.1) is 21.4 Å². The fourth-order valence-electron chi connectivity index (χ4n) is 1.95. The van der Waals surface area contributed by atoms with Crippen molar-refractivity contribution in [1.29, 1.82) is 5.26 Å². The topological polar surface area (TPSA) is 90.4 Å². The number of hydrogen-bond acceptors (Lipinski definition) is 5. The Hall–Kier alpha value is -2.13. The molecule has 1 heterocycles. The van der Waals surface area contributed by atoms with Gasteiger partial charge in [-0.25, -0.2) is 0 Å². The second kappa shape index (κ2) is 3.71. The second-order valence-electron chi connectivity index (χ2n) is 4.42. The molecule has 0 atom stereocenters. The zero-order chi connectivity index (χ0) is 12.6. The molecule has 1 aliphatic rings. The smallest absolute Gasteiger partial charge is 0.270 e. The van der Waals surface area contributed by atoms with Crippen molar-refractivity contribution in [3.8, 4) is 6.07 Å². The molecule has 0 amide bonds. The van der Waals surface area contributed by atoms with Gasteiger partial charge in [0.05, 0.1) is 21.8 Å². The summed E-state index contributed by atoms with van der Waals surface area (Å²) in [6.45, 7) is 2.57. The van der Waals surface area contributed by atoms with Gasteiger partial charge in [0.2, 0.25) is 0 Å². The summed E-state index contributed by atoms with van der Waals surface area (Å²) in [6, 6.07) is 6.10. The van der Waals surface area contributed by atoms with E-state index in [1.807, 2.05) is 11.0 Å². The summed E-state index contributed by atoms with van der Waals surface area (Å²) in [5.74, 6) is 0. The molecule has 2 rings (SSSR count). The Morgan fingerprint density at radius 1 is 1.59 bits per heavy atom. The van der Waals surface area contributed by atoms with Crippen LogP contribution < -0.4 is 4.90 Å². The van der Waals surface area contributed by atoms with E-state index in [2.05, 4.69) is 0 Å². The lowest BCUT2D eigenvalue weighted by Gasteiger charge is -2.46. The zero-order valence-corrected chi connectivity index (χ0v) is 9.25. The lowest BCUT2D eigenvalue weighted by atomic mass is 9.95. The monoisotopic (exact) mass is 233 g/mol. The number of benzene rings is 1. The quantitative estimate of drug-likeness (QED) is 0.608. The van der Waals surface area contributed by atoms with E-state index >= 15 is 0 Å². The van der Waals surface area contributed by atoms with Crippen molar-refractivity contribution in [3.63, 3.8) is 0 Å². The molecule has 1 saturated heterocycles. The Morgan fingerprint density at radius 2 is 2.24 bits per heavy atom. The molecular formula is C11H11N3O3. The van der Waals surface area contributed by atoms with Crippen LogP contribution in [-0.4, -0.2) is 28.7 Å². The third-order valence-electron chi connectivity index (χ3n) is 2.72. The Balaban J connectivity index is 2.31. The minimum absolute atomic E-state index is 0.0995. The van der Waals surface area contributed by atoms with Crippen LogP contribution in [0.15, 0.2) is 18.2 Å². The van der Waals surface area contributed by atoms with Gasteiger partial charge in [0.15, 0.2) is 0 Å². The summed E-state index contributed by atoms with van der Waals surface area (Å²) in [5.41, 5.74) is 0.0472. The van der Waals surface area contributed by atoms with Crippen LogP contribution in [0.2, 0.25) is 0 Å². The van der Waals surface area contributed by atoms with Crippen LogP contribution in [0.25, 0.3) is 0 Å². The van der Waals surface area contributed by atoms with Gasteiger partial charge in [-0.05, 0) is 13.0 Å². The van der Waals surface area contributed by atoms with E-state index in [9.17, 15) is 15.2 Å². The molecule has 0 bridgehead atoms. The van der Waals surface area contributed by atoms with E-state index in [0.29, 0.717) is 18.8 Å². The molecule has 17 heavy (non-hydrogen) atoms. The van der Waals surface area contributed by atoms with Crippen LogP contribution in [0.1, 0.15) is 12.5 Å². The highest BCUT2D eigenvalue weighted by atomic mass is 16.6. The number of nitro groups is 1. The number of aliphatic hydroxyl groups is 1.